The minimum absolute atomic E-state index is 0.514. The smallest absolute Gasteiger partial charge is 0.0998 e. The summed E-state index contributed by atoms with van der Waals surface area (Å²) in [4.78, 5) is 0. The molecule has 78 valence electrons. The number of nitriles is 1. The van der Waals surface area contributed by atoms with Crippen molar-refractivity contribution in [1.82, 2.24) is 0 Å². The van der Waals surface area contributed by atoms with E-state index in [9.17, 15) is 0 Å². The Bertz CT molecular complexity index is 523. The Morgan fingerprint density at radius 3 is 2.31 bits per heavy atom. The highest BCUT2D eigenvalue weighted by Gasteiger charge is 2.03. The monoisotopic (exact) mass is 227 g/mol. The Morgan fingerprint density at radius 2 is 1.69 bits per heavy atom. The van der Waals surface area contributed by atoms with Gasteiger partial charge in [0.15, 0.2) is 0 Å². The van der Waals surface area contributed by atoms with Crippen LogP contribution in [0.3, 0.4) is 0 Å². The minimum Gasteiger partial charge on any atom is -0.192 e. The van der Waals surface area contributed by atoms with Crippen LogP contribution in [0.15, 0.2) is 48.5 Å². The third kappa shape index (κ3) is 2.08. The van der Waals surface area contributed by atoms with Crippen molar-refractivity contribution in [3.63, 3.8) is 0 Å². The van der Waals surface area contributed by atoms with Gasteiger partial charge in [-0.05, 0) is 22.8 Å². The largest absolute Gasteiger partial charge is 0.192 e. The Kier molecular flexibility index (Phi) is 3.24. The summed E-state index contributed by atoms with van der Waals surface area (Å²) in [6, 6.07) is 17.7. The molecule has 0 saturated heterocycles. The number of hydrogen-bond donors (Lipinski definition) is 0. The van der Waals surface area contributed by atoms with E-state index in [2.05, 4.69) is 6.07 Å². The summed E-state index contributed by atoms with van der Waals surface area (Å²) in [5.74, 6) is 0.514. The fourth-order valence-electron chi connectivity index (χ4n) is 1.61. The zero-order valence-electron chi connectivity index (χ0n) is 8.65. The summed E-state index contributed by atoms with van der Waals surface area (Å²) >= 11 is 5.73. The van der Waals surface area contributed by atoms with Crippen LogP contribution in [0, 0.1) is 11.3 Å². The Hall–Kier alpha value is -1.78. The van der Waals surface area contributed by atoms with E-state index < -0.39 is 0 Å². The zero-order chi connectivity index (χ0) is 11.4. The van der Waals surface area contributed by atoms with Gasteiger partial charge in [0.25, 0.3) is 0 Å². The highest BCUT2D eigenvalue weighted by molar-refractivity contribution is 6.17. The molecule has 1 nitrogen and oxygen atoms in total. The molecule has 0 N–H and O–H groups in total. The Morgan fingerprint density at radius 1 is 1.00 bits per heavy atom. The first-order valence-electron chi connectivity index (χ1n) is 4.99. The standard InChI is InChI=1S/C14H10ClN/c15-9-11-5-7-12(8-6-11)14-4-2-1-3-13(14)10-16/h1-8H,9H2. The molecular weight excluding hydrogens is 218 g/mol. The number of nitrogens with zero attached hydrogens (tertiary/aromatic N) is 1. The lowest BCUT2D eigenvalue weighted by Crippen LogP contribution is -1.84. The summed E-state index contributed by atoms with van der Waals surface area (Å²) in [6.45, 7) is 0. The van der Waals surface area contributed by atoms with Gasteiger partial charge in [0.1, 0.15) is 0 Å². The van der Waals surface area contributed by atoms with Gasteiger partial charge in [-0.3, -0.25) is 0 Å². The lowest BCUT2D eigenvalue weighted by atomic mass is 10.00. The van der Waals surface area contributed by atoms with Gasteiger partial charge in [-0.1, -0.05) is 42.5 Å². The molecule has 2 heteroatoms. The van der Waals surface area contributed by atoms with Gasteiger partial charge >= 0.3 is 0 Å². The quantitative estimate of drug-likeness (QED) is 0.713. The Labute approximate surface area is 99.9 Å². The predicted octanol–water partition coefficient (Wildman–Crippen LogP) is 3.96. The molecule has 2 aromatic carbocycles. The van der Waals surface area contributed by atoms with Gasteiger partial charge < -0.3 is 0 Å². The molecular formula is C14H10ClN. The molecule has 0 fully saturated rings. The first-order chi connectivity index (χ1) is 7.85. The second kappa shape index (κ2) is 4.83. The topological polar surface area (TPSA) is 23.8 Å². The lowest BCUT2D eigenvalue weighted by molar-refractivity contribution is 1.40. The maximum Gasteiger partial charge on any atom is 0.0998 e. The molecule has 0 spiro atoms. The van der Waals surface area contributed by atoms with E-state index in [0.29, 0.717) is 11.4 Å². The lowest BCUT2D eigenvalue weighted by Gasteiger charge is -2.04. The third-order valence-electron chi connectivity index (χ3n) is 2.47. The second-order valence-corrected chi connectivity index (χ2v) is 3.76. The molecule has 0 atom stereocenters. The molecule has 2 aromatic rings. The van der Waals surface area contributed by atoms with E-state index in [-0.39, 0.29) is 0 Å². The van der Waals surface area contributed by atoms with E-state index in [0.717, 1.165) is 16.7 Å². The van der Waals surface area contributed by atoms with Crippen molar-refractivity contribution in [2.45, 2.75) is 5.88 Å². The first kappa shape index (κ1) is 10.7. The molecule has 0 radical (unpaired) electrons. The highest BCUT2D eigenvalue weighted by atomic mass is 35.5. The van der Waals surface area contributed by atoms with Crippen LogP contribution in [0.1, 0.15) is 11.1 Å². The van der Waals surface area contributed by atoms with Crippen molar-refractivity contribution in [1.29, 1.82) is 5.26 Å². The SMILES string of the molecule is N#Cc1ccccc1-c1ccc(CCl)cc1. The molecule has 0 aromatic heterocycles. The van der Waals surface area contributed by atoms with Gasteiger partial charge in [-0.15, -0.1) is 11.6 Å². The second-order valence-electron chi connectivity index (χ2n) is 3.49. The molecule has 16 heavy (non-hydrogen) atoms. The fourth-order valence-corrected chi connectivity index (χ4v) is 1.78. The van der Waals surface area contributed by atoms with Crippen molar-refractivity contribution in [3.8, 4) is 17.2 Å². The van der Waals surface area contributed by atoms with Gasteiger partial charge in [0, 0.05) is 5.88 Å². The number of rotatable bonds is 2. The first-order valence-corrected chi connectivity index (χ1v) is 5.53. The van der Waals surface area contributed by atoms with Gasteiger partial charge in [-0.25, -0.2) is 0 Å². The van der Waals surface area contributed by atoms with E-state index in [1.54, 1.807) is 0 Å². The van der Waals surface area contributed by atoms with Crippen molar-refractivity contribution in [2.75, 3.05) is 0 Å². The minimum atomic E-state index is 0.514. The van der Waals surface area contributed by atoms with E-state index >= 15 is 0 Å². The number of halogens is 1. The van der Waals surface area contributed by atoms with Crippen LogP contribution < -0.4 is 0 Å². The van der Waals surface area contributed by atoms with Crippen LogP contribution in [-0.2, 0) is 5.88 Å². The molecule has 0 heterocycles. The predicted molar refractivity (Wildman–Crippen MR) is 66.2 cm³/mol. The molecule has 0 saturated carbocycles. The fraction of sp³-hybridized carbons (Fsp3) is 0.0714. The van der Waals surface area contributed by atoms with Crippen LogP contribution in [0.25, 0.3) is 11.1 Å². The van der Waals surface area contributed by atoms with E-state index in [4.69, 9.17) is 16.9 Å². The third-order valence-corrected chi connectivity index (χ3v) is 2.78. The number of alkyl halides is 1. The maximum absolute atomic E-state index is 9.01. The van der Waals surface area contributed by atoms with Crippen LogP contribution in [-0.4, -0.2) is 0 Å². The summed E-state index contributed by atoms with van der Waals surface area (Å²) in [7, 11) is 0. The molecule has 0 aliphatic rings. The summed E-state index contributed by atoms with van der Waals surface area (Å²) in [6.07, 6.45) is 0. The van der Waals surface area contributed by atoms with Crippen molar-refractivity contribution in [2.24, 2.45) is 0 Å². The average Bonchev–Trinajstić information content (AvgIpc) is 2.39. The van der Waals surface area contributed by atoms with Gasteiger partial charge in [-0.2, -0.15) is 5.26 Å². The highest BCUT2D eigenvalue weighted by Crippen LogP contribution is 2.23. The van der Waals surface area contributed by atoms with E-state index in [1.165, 1.54) is 0 Å². The molecule has 2 rings (SSSR count). The summed E-state index contributed by atoms with van der Waals surface area (Å²) in [5.41, 5.74) is 3.79. The maximum atomic E-state index is 9.01. The van der Waals surface area contributed by atoms with Crippen LogP contribution in [0.5, 0.6) is 0 Å². The van der Waals surface area contributed by atoms with E-state index in [1.807, 2.05) is 48.5 Å². The molecule has 0 aliphatic carbocycles. The Balaban J connectivity index is 2.47. The van der Waals surface area contributed by atoms with Crippen molar-refractivity contribution in [3.05, 3.63) is 59.7 Å². The average molecular weight is 228 g/mol. The molecule has 0 amide bonds. The van der Waals surface area contributed by atoms with Gasteiger partial charge in [0.05, 0.1) is 11.6 Å². The summed E-state index contributed by atoms with van der Waals surface area (Å²) in [5, 5.41) is 9.01. The zero-order valence-corrected chi connectivity index (χ0v) is 9.41. The van der Waals surface area contributed by atoms with Crippen molar-refractivity contribution < 1.29 is 0 Å². The van der Waals surface area contributed by atoms with Crippen LogP contribution >= 0.6 is 11.6 Å². The van der Waals surface area contributed by atoms with Crippen LogP contribution in [0.2, 0.25) is 0 Å². The number of hydrogen-bond acceptors (Lipinski definition) is 1. The normalized spacial score (nSPS) is 9.75. The van der Waals surface area contributed by atoms with Crippen molar-refractivity contribution >= 4 is 11.6 Å². The van der Waals surface area contributed by atoms with Gasteiger partial charge in [0.2, 0.25) is 0 Å². The summed E-state index contributed by atoms with van der Waals surface area (Å²) < 4.78 is 0. The molecule has 0 bridgehead atoms. The number of benzene rings is 2. The molecule has 0 unspecified atom stereocenters. The molecule has 0 aliphatic heterocycles. The van der Waals surface area contributed by atoms with Crippen LogP contribution in [0.4, 0.5) is 0 Å².